The van der Waals surface area contributed by atoms with Crippen LogP contribution in [0.5, 0.6) is 0 Å². The van der Waals surface area contributed by atoms with Crippen LogP contribution in [0.4, 0.5) is 0 Å². The number of nitrogens with two attached hydrogens (primary N) is 1. The fourth-order valence-electron chi connectivity index (χ4n) is 0.954. The maximum Gasteiger partial charge on any atom is 0.246 e. The molecular formula is C9H20N2OS. The Labute approximate surface area is 84.8 Å². The third-order valence-electron chi connectivity index (χ3n) is 1.62. The number of thioether (sulfide) groups is 1. The molecule has 0 aromatic carbocycles. The molecule has 1 unspecified atom stereocenters. The van der Waals surface area contributed by atoms with Crippen LogP contribution in [0.3, 0.4) is 0 Å². The second-order valence-corrected chi connectivity index (χ2v) is 4.75. The molecule has 1 atom stereocenters. The first kappa shape index (κ1) is 12.8. The Balaban J connectivity index is 3.86. The minimum Gasteiger partial charge on any atom is -0.293 e. The van der Waals surface area contributed by atoms with Gasteiger partial charge in [0.05, 0.1) is 5.25 Å². The largest absolute Gasteiger partial charge is 0.293 e. The number of hydrazine groups is 1. The van der Waals surface area contributed by atoms with Crippen LogP contribution < -0.4 is 11.3 Å². The summed E-state index contributed by atoms with van der Waals surface area (Å²) in [6, 6.07) is 0. The Morgan fingerprint density at radius 1 is 1.54 bits per heavy atom. The van der Waals surface area contributed by atoms with Crippen molar-refractivity contribution in [3.8, 4) is 0 Å². The summed E-state index contributed by atoms with van der Waals surface area (Å²) in [4.78, 5) is 11.3. The van der Waals surface area contributed by atoms with Crippen LogP contribution >= 0.6 is 11.8 Å². The molecule has 0 rings (SSSR count). The normalized spacial score (nSPS) is 13.0. The van der Waals surface area contributed by atoms with Gasteiger partial charge in [-0.25, -0.2) is 5.84 Å². The van der Waals surface area contributed by atoms with Crippen LogP contribution in [-0.4, -0.2) is 16.9 Å². The van der Waals surface area contributed by atoms with Crippen molar-refractivity contribution in [2.75, 3.05) is 5.75 Å². The summed E-state index contributed by atoms with van der Waals surface area (Å²) >= 11 is 1.69. The van der Waals surface area contributed by atoms with Crippen molar-refractivity contribution in [1.82, 2.24) is 5.43 Å². The Morgan fingerprint density at radius 2 is 2.15 bits per heavy atom. The summed E-state index contributed by atoms with van der Waals surface area (Å²) in [5.41, 5.74) is 2.21. The summed E-state index contributed by atoms with van der Waals surface area (Å²) in [5, 5.41) is 0.0254. The molecule has 3 nitrogen and oxygen atoms in total. The molecule has 13 heavy (non-hydrogen) atoms. The van der Waals surface area contributed by atoms with Crippen molar-refractivity contribution in [1.29, 1.82) is 0 Å². The molecule has 0 saturated heterocycles. The fraction of sp³-hybridized carbons (Fsp3) is 0.889. The minimum absolute atomic E-state index is 0.0254. The standard InChI is InChI=1S/C9H20N2OS/c1-4-5-8(9(12)11-10)13-6-7(2)3/h7-8H,4-6,10H2,1-3H3,(H,11,12). The molecule has 1 amide bonds. The SMILES string of the molecule is CCCC(SCC(C)C)C(=O)NN. The van der Waals surface area contributed by atoms with Gasteiger partial charge in [-0.05, 0) is 18.1 Å². The van der Waals surface area contributed by atoms with Gasteiger partial charge < -0.3 is 0 Å². The van der Waals surface area contributed by atoms with E-state index in [1.54, 1.807) is 11.8 Å². The molecular weight excluding hydrogens is 184 g/mol. The van der Waals surface area contributed by atoms with Gasteiger partial charge in [0, 0.05) is 0 Å². The first-order chi connectivity index (χ1) is 6.11. The van der Waals surface area contributed by atoms with Gasteiger partial charge in [-0.2, -0.15) is 0 Å². The second kappa shape index (κ2) is 7.21. The number of carbonyl (C=O) groups is 1. The van der Waals surface area contributed by atoms with Gasteiger partial charge in [0.25, 0.3) is 0 Å². The lowest BCUT2D eigenvalue weighted by Gasteiger charge is -2.14. The van der Waals surface area contributed by atoms with E-state index in [2.05, 4.69) is 26.2 Å². The van der Waals surface area contributed by atoms with Gasteiger partial charge >= 0.3 is 0 Å². The molecule has 0 aliphatic rings. The third kappa shape index (κ3) is 5.93. The van der Waals surface area contributed by atoms with Crippen LogP contribution in [0.1, 0.15) is 33.6 Å². The Kier molecular flexibility index (Phi) is 7.09. The molecule has 0 aliphatic heterocycles. The number of carbonyl (C=O) groups excluding carboxylic acids is 1. The van der Waals surface area contributed by atoms with E-state index in [0.717, 1.165) is 18.6 Å². The molecule has 0 heterocycles. The van der Waals surface area contributed by atoms with Crippen molar-refractivity contribution < 1.29 is 4.79 Å². The van der Waals surface area contributed by atoms with Gasteiger partial charge in [-0.3, -0.25) is 10.2 Å². The Bertz CT molecular complexity index is 151. The van der Waals surface area contributed by atoms with Crippen LogP contribution in [0.2, 0.25) is 0 Å². The Morgan fingerprint density at radius 3 is 2.54 bits per heavy atom. The van der Waals surface area contributed by atoms with Crippen molar-refractivity contribution in [2.24, 2.45) is 11.8 Å². The van der Waals surface area contributed by atoms with Crippen molar-refractivity contribution in [3.63, 3.8) is 0 Å². The van der Waals surface area contributed by atoms with Gasteiger partial charge in [-0.15, -0.1) is 11.8 Å². The summed E-state index contributed by atoms with van der Waals surface area (Å²) in [7, 11) is 0. The van der Waals surface area contributed by atoms with E-state index >= 15 is 0 Å². The highest BCUT2D eigenvalue weighted by Gasteiger charge is 2.16. The highest BCUT2D eigenvalue weighted by atomic mass is 32.2. The molecule has 78 valence electrons. The van der Waals surface area contributed by atoms with Crippen LogP contribution in [-0.2, 0) is 4.79 Å². The lowest BCUT2D eigenvalue weighted by molar-refractivity contribution is -0.120. The number of rotatable bonds is 6. The molecule has 0 bridgehead atoms. The first-order valence-corrected chi connectivity index (χ1v) is 5.78. The maximum atomic E-state index is 11.3. The van der Waals surface area contributed by atoms with Gasteiger partial charge in [-0.1, -0.05) is 27.2 Å². The van der Waals surface area contributed by atoms with Crippen LogP contribution in [0.25, 0.3) is 0 Å². The number of amides is 1. The quantitative estimate of drug-likeness (QED) is 0.392. The smallest absolute Gasteiger partial charge is 0.246 e. The van der Waals surface area contributed by atoms with E-state index < -0.39 is 0 Å². The first-order valence-electron chi connectivity index (χ1n) is 4.73. The topological polar surface area (TPSA) is 55.1 Å². The Hall–Kier alpha value is -0.220. The van der Waals surface area contributed by atoms with Gasteiger partial charge in [0.2, 0.25) is 5.91 Å². The zero-order valence-electron chi connectivity index (χ0n) is 8.67. The summed E-state index contributed by atoms with van der Waals surface area (Å²) in [6.07, 6.45) is 1.92. The van der Waals surface area contributed by atoms with E-state index in [1.165, 1.54) is 0 Å². The molecule has 0 fully saturated rings. The predicted molar refractivity (Wildman–Crippen MR) is 58.3 cm³/mol. The van der Waals surface area contributed by atoms with Crippen LogP contribution in [0.15, 0.2) is 0 Å². The highest BCUT2D eigenvalue weighted by Crippen LogP contribution is 2.19. The number of hydrogen-bond donors (Lipinski definition) is 2. The third-order valence-corrected chi connectivity index (χ3v) is 3.33. The van der Waals surface area contributed by atoms with Crippen molar-refractivity contribution >= 4 is 17.7 Å². The summed E-state index contributed by atoms with van der Waals surface area (Å²) in [5.74, 6) is 6.68. The van der Waals surface area contributed by atoms with Crippen molar-refractivity contribution in [2.45, 2.75) is 38.9 Å². The van der Waals surface area contributed by atoms with E-state index in [-0.39, 0.29) is 11.2 Å². The number of nitrogens with one attached hydrogen (secondary N) is 1. The van der Waals surface area contributed by atoms with E-state index in [9.17, 15) is 4.79 Å². The highest BCUT2D eigenvalue weighted by molar-refractivity contribution is 8.00. The summed E-state index contributed by atoms with van der Waals surface area (Å²) < 4.78 is 0. The minimum atomic E-state index is -0.0486. The molecule has 3 N–H and O–H groups in total. The van der Waals surface area contributed by atoms with Gasteiger partial charge in [0.15, 0.2) is 0 Å². The molecule has 0 radical (unpaired) electrons. The predicted octanol–water partition coefficient (Wildman–Crippen LogP) is 1.53. The lowest BCUT2D eigenvalue weighted by Crippen LogP contribution is -2.37. The van der Waals surface area contributed by atoms with Crippen LogP contribution in [0, 0.1) is 5.92 Å². The molecule has 0 aromatic rings. The second-order valence-electron chi connectivity index (χ2n) is 3.51. The molecule has 0 spiro atoms. The average Bonchev–Trinajstić information content (AvgIpc) is 2.10. The van der Waals surface area contributed by atoms with Crippen molar-refractivity contribution in [3.05, 3.63) is 0 Å². The van der Waals surface area contributed by atoms with Gasteiger partial charge in [0.1, 0.15) is 0 Å². The average molecular weight is 204 g/mol. The maximum absolute atomic E-state index is 11.3. The molecule has 4 heteroatoms. The van der Waals surface area contributed by atoms with E-state index in [4.69, 9.17) is 5.84 Å². The molecule has 0 aliphatic carbocycles. The summed E-state index contributed by atoms with van der Waals surface area (Å²) in [6.45, 7) is 6.37. The number of hydrogen-bond acceptors (Lipinski definition) is 3. The van der Waals surface area contributed by atoms with E-state index in [1.807, 2.05) is 0 Å². The lowest BCUT2D eigenvalue weighted by atomic mass is 10.2. The fourth-order valence-corrected chi connectivity index (χ4v) is 2.19. The molecule has 0 saturated carbocycles. The zero-order valence-corrected chi connectivity index (χ0v) is 9.49. The molecule has 0 aromatic heterocycles. The monoisotopic (exact) mass is 204 g/mol. The zero-order chi connectivity index (χ0) is 10.3. The van der Waals surface area contributed by atoms with E-state index in [0.29, 0.717) is 5.92 Å².